The predicted octanol–water partition coefficient (Wildman–Crippen LogP) is 1.30. The van der Waals surface area contributed by atoms with Crippen LogP contribution in [0, 0.1) is 0 Å². The summed E-state index contributed by atoms with van der Waals surface area (Å²) in [6.45, 7) is 6.27. The summed E-state index contributed by atoms with van der Waals surface area (Å²) in [5, 5.41) is 11.3. The number of nitrogens with zero attached hydrogens (tertiary/aromatic N) is 4. The van der Waals surface area contributed by atoms with Crippen LogP contribution in [0.15, 0.2) is 40.5 Å². The molecule has 1 atom stereocenters. The van der Waals surface area contributed by atoms with Crippen molar-refractivity contribution in [2.75, 3.05) is 20.2 Å². The van der Waals surface area contributed by atoms with Crippen molar-refractivity contribution in [3.63, 3.8) is 0 Å². The second kappa shape index (κ2) is 9.19. The second-order valence-electron chi connectivity index (χ2n) is 6.17. The number of fused-ring (bicyclic) bond motifs is 1. The highest BCUT2D eigenvalue weighted by molar-refractivity contribution is 5.80. The number of furan rings is 1. The average Bonchev–Trinajstić information content (AvgIpc) is 3.28. The van der Waals surface area contributed by atoms with Gasteiger partial charge < -0.3 is 19.8 Å². The zero-order chi connectivity index (χ0) is 18.2. The quantitative estimate of drug-likeness (QED) is 0.420. The van der Waals surface area contributed by atoms with E-state index >= 15 is 0 Å². The van der Waals surface area contributed by atoms with Crippen molar-refractivity contribution in [1.82, 2.24) is 25.4 Å². The van der Waals surface area contributed by atoms with E-state index in [1.807, 2.05) is 22.9 Å². The first-order chi connectivity index (χ1) is 12.8. The van der Waals surface area contributed by atoms with Crippen LogP contribution in [0.25, 0.3) is 0 Å². The topological polar surface area (TPSA) is 89.5 Å². The number of nitrogens with one attached hydrogen (secondary N) is 2. The number of ether oxygens (including phenoxy) is 1. The number of aromatic nitrogens is 3. The van der Waals surface area contributed by atoms with Gasteiger partial charge in [0, 0.05) is 39.1 Å². The third-order valence-electron chi connectivity index (χ3n) is 4.14. The van der Waals surface area contributed by atoms with Gasteiger partial charge in [-0.1, -0.05) is 6.08 Å². The van der Waals surface area contributed by atoms with Gasteiger partial charge >= 0.3 is 0 Å². The highest BCUT2D eigenvalue weighted by Crippen LogP contribution is 2.13. The van der Waals surface area contributed by atoms with E-state index in [4.69, 9.17) is 9.15 Å². The molecule has 2 N–H and O–H groups in total. The second-order valence-corrected chi connectivity index (χ2v) is 6.17. The summed E-state index contributed by atoms with van der Waals surface area (Å²) in [5.74, 6) is 3.47. The molecule has 2 aromatic rings. The van der Waals surface area contributed by atoms with E-state index < -0.39 is 0 Å². The van der Waals surface area contributed by atoms with Crippen molar-refractivity contribution >= 4 is 5.96 Å². The molecule has 1 aliphatic heterocycles. The Kier molecular flexibility index (Phi) is 6.43. The van der Waals surface area contributed by atoms with Crippen LogP contribution in [0.1, 0.15) is 23.8 Å². The fourth-order valence-corrected chi connectivity index (χ4v) is 2.92. The minimum Gasteiger partial charge on any atom is -0.469 e. The van der Waals surface area contributed by atoms with Crippen molar-refractivity contribution in [3.8, 4) is 0 Å². The average molecular weight is 358 g/mol. The zero-order valence-corrected chi connectivity index (χ0v) is 15.1. The molecular formula is C18H26N6O2. The first-order valence-corrected chi connectivity index (χ1v) is 8.88. The third kappa shape index (κ3) is 4.95. The van der Waals surface area contributed by atoms with Gasteiger partial charge in [-0.2, -0.15) is 5.10 Å². The summed E-state index contributed by atoms with van der Waals surface area (Å²) >= 11 is 0. The Hall–Kier alpha value is -2.61. The normalized spacial score (nSPS) is 17.0. The van der Waals surface area contributed by atoms with Crippen LogP contribution < -0.4 is 10.6 Å². The van der Waals surface area contributed by atoms with Crippen LogP contribution in [-0.4, -0.2) is 47.0 Å². The van der Waals surface area contributed by atoms with Crippen LogP contribution in [0.5, 0.6) is 0 Å². The van der Waals surface area contributed by atoms with Crippen LogP contribution in [-0.2, 0) is 30.7 Å². The SMILES string of the molecule is C=CCNC(=NCCc1ccco1)NC1CCc2nc(COC)nn2C1. The number of methoxy groups -OCH3 is 1. The van der Waals surface area contributed by atoms with Gasteiger partial charge in [0.1, 0.15) is 18.2 Å². The summed E-state index contributed by atoms with van der Waals surface area (Å²) in [6.07, 6.45) is 6.14. The zero-order valence-electron chi connectivity index (χ0n) is 15.1. The maximum Gasteiger partial charge on any atom is 0.191 e. The lowest BCUT2D eigenvalue weighted by molar-refractivity contribution is 0.177. The van der Waals surface area contributed by atoms with Crippen molar-refractivity contribution in [2.24, 2.45) is 4.99 Å². The molecule has 1 aliphatic rings. The van der Waals surface area contributed by atoms with Gasteiger partial charge in [-0.3, -0.25) is 4.99 Å². The molecule has 0 aliphatic carbocycles. The Morgan fingerprint density at radius 3 is 3.27 bits per heavy atom. The molecule has 3 rings (SSSR count). The lowest BCUT2D eigenvalue weighted by Crippen LogP contribution is -2.47. The summed E-state index contributed by atoms with van der Waals surface area (Å²) in [7, 11) is 1.65. The molecule has 0 amide bonds. The van der Waals surface area contributed by atoms with E-state index in [1.165, 1.54) is 0 Å². The lowest BCUT2D eigenvalue weighted by Gasteiger charge is -2.25. The Morgan fingerprint density at radius 2 is 2.50 bits per heavy atom. The standard InChI is InChI=1S/C18H26N6O2/c1-3-9-19-18(20-10-8-15-5-4-11-26-15)21-14-6-7-17-22-16(13-25-2)23-24(17)12-14/h3-5,11,14H,1,6-10,12-13H2,2H3,(H2,19,20,21). The third-order valence-corrected chi connectivity index (χ3v) is 4.14. The van der Waals surface area contributed by atoms with Crippen molar-refractivity contribution in [1.29, 1.82) is 0 Å². The van der Waals surface area contributed by atoms with Gasteiger partial charge in [-0.15, -0.1) is 6.58 Å². The van der Waals surface area contributed by atoms with Gasteiger partial charge in [-0.05, 0) is 18.6 Å². The highest BCUT2D eigenvalue weighted by Gasteiger charge is 2.22. The molecule has 2 aromatic heterocycles. The van der Waals surface area contributed by atoms with E-state index in [1.54, 1.807) is 13.4 Å². The largest absolute Gasteiger partial charge is 0.469 e. The summed E-state index contributed by atoms with van der Waals surface area (Å²) in [5.41, 5.74) is 0. The molecule has 8 heteroatoms. The lowest BCUT2D eigenvalue weighted by atomic mass is 10.1. The highest BCUT2D eigenvalue weighted by atomic mass is 16.5. The summed E-state index contributed by atoms with van der Waals surface area (Å²) in [6, 6.07) is 4.10. The van der Waals surface area contributed by atoms with E-state index in [-0.39, 0.29) is 6.04 Å². The molecule has 0 saturated heterocycles. The van der Waals surface area contributed by atoms with E-state index in [0.717, 1.165) is 49.2 Å². The molecule has 26 heavy (non-hydrogen) atoms. The van der Waals surface area contributed by atoms with Gasteiger partial charge in [-0.25, -0.2) is 9.67 Å². The number of guanidine groups is 1. The number of hydrogen-bond acceptors (Lipinski definition) is 5. The first kappa shape index (κ1) is 18.2. The molecule has 0 fully saturated rings. The summed E-state index contributed by atoms with van der Waals surface area (Å²) in [4.78, 5) is 9.15. The van der Waals surface area contributed by atoms with Crippen LogP contribution >= 0.6 is 0 Å². The van der Waals surface area contributed by atoms with Gasteiger partial charge in [0.25, 0.3) is 0 Å². The maximum atomic E-state index is 5.35. The fourth-order valence-electron chi connectivity index (χ4n) is 2.92. The molecule has 0 aromatic carbocycles. The van der Waals surface area contributed by atoms with E-state index in [2.05, 4.69) is 32.3 Å². The Morgan fingerprint density at radius 1 is 1.58 bits per heavy atom. The van der Waals surface area contributed by atoms with Gasteiger partial charge in [0.2, 0.25) is 0 Å². The van der Waals surface area contributed by atoms with Crippen molar-refractivity contribution in [2.45, 2.75) is 38.5 Å². The molecular weight excluding hydrogens is 332 g/mol. The van der Waals surface area contributed by atoms with Crippen LogP contribution in [0.3, 0.4) is 0 Å². The number of aryl methyl sites for hydroxylation is 1. The Bertz CT molecular complexity index is 722. The maximum absolute atomic E-state index is 5.35. The Labute approximate surface area is 153 Å². The number of aliphatic imine (C=N–C) groups is 1. The molecule has 0 saturated carbocycles. The minimum atomic E-state index is 0.249. The molecule has 0 bridgehead atoms. The smallest absolute Gasteiger partial charge is 0.191 e. The number of hydrogen-bond donors (Lipinski definition) is 2. The van der Waals surface area contributed by atoms with Crippen molar-refractivity contribution in [3.05, 3.63) is 48.5 Å². The molecule has 1 unspecified atom stereocenters. The molecule has 0 spiro atoms. The molecule has 0 radical (unpaired) electrons. The number of rotatable bonds is 8. The van der Waals surface area contributed by atoms with Crippen molar-refractivity contribution < 1.29 is 9.15 Å². The van der Waals surface area contributed by atoms with E-state index in [9.17, 15) is 0 Å². The monoisotopic (exact) mass is 358 g/mol. The van der Waals surface area contributed by atoms with Crippen LogP contribution in [0.2, 0.25) is 0 Å². The summed E-state index contributed by atoms with van der Waals surface area (Å²) < 4.78 is 12.4. The molecule has 8 nitrogen and oxygen atoms in total. The van der Waals surface area contributed by atoms with Gasteiger partial charge in [0.05, 0.1) is 12.8 Å². The molecule has 3 heterocycles. The first-order valence-electron chi connectivity index (χ1n) is 8.88. The minimum absolute atomic E-state index is 0.249. The van der Waals surface area contributed by atoms with E-state index in [0.29, 0.717) is 19.7 Å². The Balaban J connectivity index is 1.58. The van der Waals surface area contributed by atoms with Crippen LogP contribution in [0.4, 0.5) is 0 Å². The predicted molar refractivity (Wildman–Crippen MR) is 98.9 cm³/mol. The molecule has 140 valence electrons. The fraction of sp³-hybridized carbons (Fsp3) is 0.500. The van der Waals surface area contributed by atoms with Gasteiger partial charge in [0.15, 0.2) is 11.8 Å².